The molecule has 2 amide bonds. The van der Waals surface area contributed by atoms with Crippen molar-refractivity contribution in [2.45, 2.75) is 26.1 Å². The Balaban J connectivity index is 1.66. The Hall–Kier alpha value is -3.76. The molecule has 1 aromatic carbocycles. The molecule has 7 nitrogen and oxygen atoms in total. The molecule has 3 heterocycles. The van der Waals surface area contributed by atoms with Gasteiger partial charge in [-0.1, -0.05) is 0 Å². The summed E-state index contributed by atoms with van der Waals surface area (Å²) in [7, 11) is 0. The van der Waals surface area contributed by atoms with Crippen LogP contribution in [0.4, 0.5) is 28.9 Å². The maximum atomic E-state index is 13.7. The van der Waals surface area contributed by atoms with Gasteiger partial charge in [-0.15, -0.1) is 0 Å². The number of carbonyl (C=O) groups is 2. The summed E-state index contributed by atoms with van der Waals surface area (Å²) in [5.41, 5.74) is -0.293. The average molecular weight is 447 g/mol. The molecule has 11 heteroatoms. The van der Waals surface area contributed by atoms with Crippen LogP contribution in [0.2, 0.25) is 0 Å². The maximum absolute atomic E-state index is 13.7. The quantitative estimate of drug-likeness (QED) is 0.610. The first-order valence-corrected chi connectivity index (χ1v) is 9.56. The highest BCUT2D eigenvalue weighted by molar-refractivity contribution is 6.15. The Morgan fingerprint density at radius 2 is 1.84 bits per heavy atom. The molecule has 0 spiro atoms. The van der Waals surface area contributed by atoms with E-state index < -0.39 is 29.4 Å². The van der Waals surface area contributed by atoms with E-state index in [9.17, 15) is 27.2 Å². The van der Waals surface area contributed by atoms with Crippen LogP contribution in [-0.2, 0) is 6.18 Å². The predicted molar refractivity (Wildman–Crippen MR) is 107 cm³/mol. The number of nitrogens with zero attached hydrogens (tertiary/aromatic N) is 4. The second-order valence-corrected chi connectivity index (χ2v) is 7.41. The third-order valence-corrected chi connectivity index (χ3v) is 5.26. The Kier molecular flexibility index (Phi) is 5.19. The number of hydrogen-bond acceptors (Lipinski definition) is 4. The van der Waals surface area contributed by atoms with E-state index in [2.05, 4.69) is 15.4 Å². The smallest absolute Gasteiger partial charge is 0.320 e. The number of aromatic nitrogens is 3. The summed E-state index contributed by atoms with van der Waals surface area (Å²) in [6, 6.07) is 3.87. The minimum Gasteiger partial charge on any atom is -0.320 e. The number of alkyl halides is 3. The van der Waals surface area contributed by atoms with Crippen molar-refractivity contribution < 1.29 is 27.2 Å². The molecule has 166 valence electrons. The number of amides is 2. The van der Waals surface area contributed by atoms with E-state index in [0.717, 1.165) is 18.3 Å². The molecule has 0 radical (unpaired) electrons. The van der Waals surface area contributed by atoms with E-state index in [0.29, 0.717) is 0 Å². The fourth-order valence-corrected chi connectivity index (χ4v) is 3.50. The zero-order chi connectivity index (χ0) is 23.2. The molecular weight excluding hydrogens is 430 g/mol. The van der Waals surface area contributed by atoms with Gasteiger partial charge < -0.3 is 10.2 Å². The molecule has 2 aromatic heterocycles. The molecule has 1 aliphatic heterocycles. The van der Waals surface area contributed by atoms with Crippen LogP contribution in [0.1, 0.15) is 44.9 Å². The SMILES string of the molecule is Cc1c(F)cncc1NC(=O)c1cnn2c1C(=O)N(c1ccc(C(F)(F)F)cc1)CC2C. The van der Waals surface area contributed by atoms with Crippen LogP contribution in [0.5, 0.6) is 0 Å². The first kappa shape index (κ1) is 21.5. The van der Waals surface area contributed by atoms with Crippen LogP contribution in [0.15, 0.2) is 42.9 Å². The fraction of sp³-hybridized carbons (Fsp3) is 0.238. The lowest BCUT2D eigenvalue weighted by molar-refractivity contribution is -0.137. The number of benzene rings is 1. The zero-order valence-electron chi connectivity index (χ0n) is 16.9. The van der Waals surface area contributed by atoms with Gasteiger partial charge in [0.25, 0.3) is 11.8 Å². The number of fused-ring (bicyclic) bond motifs is 1. The number of halogens is 4. The second kappa shape index (κ2) is 7.74. The normalized spacial score (nSPS) is 16.1. The summed E-state index contributed by atoms with van der Waals surface area (Å²) in [6.07, 6.45) is -0.964. The van der Waals surface area contributed by atoms with Gasteiger partial charge in [0.1, 0.15) is 11.5 Å². The molecule has 1 atom stereocenters. The monoisotopic (exact) mass is 447 g/mol. The van der Waals surface area contributed by atoms with Gasteiger partial charge in [-0.2, -0.15) is 18.3 Å². The third kappa shape index (κ3) is 3.70. The average Bonchev–Trinajstić information content (AvgIpc) is 3.20. The predicted octanol–water partition coefficient (Wildman–Crippen LogP) is 4.22. The van der Waals surface area contributed by atoms with Gasteiger partial charge in [0.15, 0.2) is 0 Å². The van der Waals surface area contributed by atoms with Crippen molar-refractivity contribution >= 4 is 23.2 Å². The van der Waals surface area contributed by atoms with Crippen LogP contribution in [-0.4, -0.2) is 33.1 Å². The molecule has 0 saturated heterocycles. The van der Waals surface area contributed by atoms with Crippen LogP contribution in [0, 0.1) is 12.7 Å². The molecule has 1 aliphatic rings. The second-order valence-electron chi connectivity index (χ2n) is 7.41. The van der Waals surface area contributed by atoms with E-state index in [-0.39, 0.29) is 40.8 Å². The largest absolute Gasteiger partial charge is 0.416 e. The summed E-state index contributed by atoms with van der Waals surface area (Å²) in [5, 5.41) is 6.66. The van der Waals surface area contributed by atoms with Gasteiger partial charge in [-0.05, 0) is 38.1 Å². The number of rotatable bonds is 3. The van der Waals surface area contributed by atoms with Gasteiger partial charge >= 0.3 is 6.18 Å². The van der Waals surface area contributed by atoms with Crippen LogP contribution >= 0.6 is 0 Å². The molecule has 0 saturated carbocycles. The topological polar surface area (TPSA) is 80.1 Å². The molecule has 1 unspecified atom stereocenters. The van der Waals surface area contributed by atoms with Crippen LogP contribution in [0.25, 0.3) is 0 Å². The van der Waals surface area contributed by atoms with Gasteiger partial charge in [0, 0.05) is 17.8 Å². The Morgan fingerprint density at radius 3 is 2.50 bits per heavy atom. The molecular formula is C21H17F4N5O2. The minimum absolute atomic E-state index is 0.0110. The molecule has 0 fully saturated rings. The summed E-state index contributed by atoms with van der Waals surface area (Å²) in [6.45, 7) is 3.40. The van der Waals surface area contributed by atoms with Crippen molar-refractivity contribution in [2.24, 2.45) is 0 Å². The first-order chi connectivity index (χ1) is 15.1. The highest BCUT2D eigenvalue weighted by Crippen LogP contribution is 2.33. The summed E-state index contributed by atoms with van der Waals surface area (Å²) in [5.74, 6) is -1.87. The summed E-state index contributed by atoms with van der Waals surface area (Å²) in [4.78, 5) is 31.0. The van der Waals surface area contributed by atoms with Gasteiger partial charge in [-0.3, -0.25) is 19.3 Å². The van der Waals surface area contributed by atoms with Crippen molar-refractivity contribution in [3.63, 3.8) is 0 Å². The molecule has 4 rings (SSSR count). The van der Waals surface area contributed by atoms with E-state index in [1.54, 1.807) is 6.92 Å². The third-order valence-electron chi connectivity index (χ3n) is 5.26. The van der Waals surface area contributed by atoms with E-state index in [4.69, 9.17) is 0 Å². The minimum atomic E-state index is -4.49. The maximum Gasteiger partial charge on any atom is 0.416 e. The van der Waals surface area contributed by atoms with Gasteiger partial charge in [-0.25, -0.2) is 4.39 Å². The summed E-state index contributed by atoms with van der Waals surface area (Å²) >= 11 is 0. The number of anilines is 2. The molecule has 32 heavy (non-hydrogen) atoms. The fourth-order valence-electron chi connectivity index (χ4n) is 3.50. The highest BCUT2D eigenvalue weighted by Gasteiger charge is 2.36. The lowest BCUT2D eigenvalue weighted by Gasteiger charge is -2.32. The number of nitrogens with one attached hydrogen (secondary N) is 1. The Labute approximate surface area is 179 Å². The van der Waals surface area contributed by atoms with E-state index in [1.165, 1.54) is 41.0 Å². The van der Waals surface area contributed by atoms with Crippen molar-refractivity contribution in [3.8, 4) is 0 Å². The molecule has 0 bridgehead atoms. The van der Waals surface area contributed by atoms with Gasteiger partial charge in [0.05, 0.1) is 41.4 Å². The molecule has 3 aromatic rings. The van der Waals surface area contributed by atoms with E-state index in [1.807, 2.05) is 0 Å². The Morgan fingerprint density at radius 1 is 1.16 bits per heavy atom. The lowest BCUT2D eigenvalue weighted by atomic mass is 10.1. The molecule has 1 N–H and O–H groups in total. The zero-order valence-corrected chi connectivity index (χ0v) is 16.9. The first-order valence-electron chi connectivity index (χ1n) is 9.56. The van der Waals surface area contributed by atoms with Crippen molar-refractivity contribution in [1.29, 1.82) is 0 Å². The van der Waals surface area contributed by atoms with Crippen molar-refractivity contribution in [2.75, 3.05) is 16.8 Å². The number of carbonyl (C=O) groups excluding carboxylic acids is 2. The van der Waals surface area contributed by atoms with Crippen molar-refractivity contribution in [3.05, 3.63) is 71.1 Å². The van der Waals surface area contributed by atoms with E-state index >= 15 is 0 Å². The van der Waals surface area contributed by atoms with Crippen LogP contribution < -0.4 is 10.2 Å². The lowest BCUT2D eigenvalue weighted by Crippen LogP contribution is -2.43. The molecule has 0 aliphatic carbocycles. The summed E-state index contributed by atoms with van der Waals surface area (Å²) < 4.78 is 53.7. The van der Waals surface area contributed by atoms with Crippen LogP contribution in [0.3, 0.4) is 0 Å². The number of pyridine rings is 1. The standard InChI is InChI=1S/C21H17F4N5O2/c1-11-10-29(14-5-3-13(4-6-14)21(23,24)25)20(32)18-15(7-27-30(11)18)19(31)28-17-9-26-8-16(22)12(17)2/h3-9,11H,10H2,1-2H3,(H,28,31). The number of hydrogen-bond donors (Lipinski definition) is 1. The van der Waals surface area contributed by atoms with Crippen molar-refractivity contribution in [1.82, 2.24) is 14.8 Å². The highest BCUT2D eigenvalue weighted by atomic mass is 19.4. The Bertz CT molecular complexity index is 1200. The van der Waals surface area contributed by atoms with Gasteiger partial charge in [0.2, 0.25) is 0 Å².